The van der Waals surface area contributed by atoms with Crippen LogP contribution in [0.15, 0.2) is 24.5 Å². The van der Waals surface area contributed by atoms with Crippen molar-refractivity contribution in [1.29, 1.82) is 0 Å². The van der Waals surface area contributed by atoms with Crippen LogP contribution >= 0.6 is 0 Å². The van der Waals surface area contributed by atoms with Gasteiger partial charge in [0.05, 0.1) is 36.7 Å². The number of hydrogen-bond acceptors (Lipinski definition) is 5. The monoisotopic (exact) mass is 362 g/mol. The van der Waals surface area contributed by atoms with Crippen molar-refractivity contribution >= 4 is 0 Å². The van der Waals surface area contributed by atoms with Crippen LogP contribution in [0.1, 0.15) is 63.9 Å². The highest BCUT2D eigenvalue weighted by atomic mass is 16.5. The van der Waals surface area contributed by atoms with E-state index in [9.17, 15) is 10.2 Å². The first-order valence-electron chi connectivity index (χ1n) is 9.30. The molecule has 0 aliphatic carbocycles. The van der Waals surface area contributed by atoms with Crippen molar-refractivity contribution in [2.45, 2.75) is 70.2 Å². The van der Waals surface area contributed by atoms with E-state index < -0.39 is 11.2 Å². The lowest BCUT2D eigenvalue weighted by Crippen LogP contribution is -2.47. The number of aromatic nitrogens is 4. The molecule has 7 heteroatoms. The lowest BCUT2D eigenvalue weighted by molar-refractivity contribution is -0.187. The maximum Gasteiger partial charge on any atom is 0.154 e. The Labute approximate surface area is 154 Å². The summed E-state index contributed by atoms with van der Waals surface area (Å²) in [6.45, 7) is 9.20. The predicted octanol–water partition coefficient (Wildman–Crippen LogP) is 2.21. The van der Waals surface area contributed by atoms with Gasteiger partial charge in [-0.3, -0.25) is 9.36 Å². The number of hydrogen-bond donors (Lipinski definition) is 2. The summed E-state index contributed by atoms with van der Waals surface area (Å²) in [7, 11) is 0. The smallest absolute Gasteiger partial charge is 0.154 e. The molecule has 1 fully saturated rings. The molecule has 0 spiro atoms. The summed E-state index contributed by atoms with van der Waals surface area (Å²) >= 11 is 0. The highest BCUT2D eigenvalue weighted by Gasteiger charge is 2.40. The van der Waals surface area contributed by atoms with E-state index in [2.05, 4.69) is 31.0 Å². The van der Waals surface area contributed by atoms with E-state index >= 15 is 0 Å². The Bertz CT molecular complexity index is 731. The second-order valence-electron chi connectivity index (χ2n) is 8.18. The third-order valence-electron chi connectivity index (χ3n) is 5.07. The number of rotatable bonds is 8. The molecule has 1 aliphatic rings. The van der Waals surface area contributed by atoms with Crippen LogP contribution in [0.5, 0.6) is 0 Å². The molecular weight excluding hydrogens is 332 g/mol. The van der Waals surface area contributed by atoms with Gasteiger partial charge in [-0.25, -0.2) is 0 Å². The Morgan fingerprint density at radius 3 is 2.54 bits per heavy atom. The van der Waals surface area contributed by atoms with Crippen LogP contribution < -0.4 is 0 Å². The Morgan fingerprint density at radius 2 is 1.96 bits per heavy atom. The standard InChI is InChI=1S/C19H30N4O3/c1-14(2)16-6-9-22(20-16)11-18(4,24)8-5-15(3)23-10-7-17(21-23)19(25)12-26-13-19/h6-7,9-10,14-15,24-25H,5,8,11-13H2,1-4H3. The Balaban J connectivity index is 1.54. The molecule has 2 aromatic rings. The Kier molecular flexibility index (Phi) is 5.23. The van der Waals surface area contributed by atoms with E-state index in [1.54, 1.807) is 0 Å². The summed E-state index contributed by atoms with van der Waals surface area (Å²) in [6, 6.07) is 3.97. The molecule has 0 amide bonds. The molecule has 144 valence electrons. The molecule has 26 heavy (non-hydrogen) atoms. The normalized spacial score (nSPS) is 20.0. The minimum atomic E-state index is -0.940. The van der Waals surface area contributed by atoms with Gasteiger partial charge in [0.2, 0.25) is 0 Å². The topological polar surface area (TPSA) is 85.3 Å². The molecule has 2 atom stereocenters. The molecule has 1 aliphatic heterocycles. The second kappa shape index (κ2) is 7.13. The summed E-state index contributed by atoms with van der Waals surface area (Å²) in [4.78, 5) is 0. The molecule has 0 bridgehead atoms. The van der Waals surface area contributed by atoms with Gasteiger partial charge in [0.25, 0.3) is 0 Å². The van der Waals surface area contributed by atoms with Crippen LogP contribution in [0.25, 0.3) is 0 Å². The zero-order chi connectivity index (χ0) is 18.9. The molecule has 2 N–H and O–H groups in total. The van der Waals surface area contributed by atoms with Gasteiger partial charge in [-0.2, -0.15) is 10.2 Å². The van der Waals surface area contributed by atoms with Crippen molar-refractivity contribution in [1.82, 2.24) is 19.6 Å². The lowest BCUT2D eigenvalue weighted by Gasteiger charge is -2.34. The lowest BCUT2D eigenvalue weighted by atomic mass is 9.97. The molecular formula is C19H30N4O3. The second-order valence-corrected chi connectivity index (χ2v) is 8.18. The first-order chi connectivity index (χ1) is 12.2. The van der Waals surface area contributed by atoms with Crippen LogP contribution in [0.3, 0.4) is 0 Å². The van der Waals surface area contributed by atoms with E-state index in [4.69, 9.17) is 4.74 Å². The van der Waals surface area contributed by atoms with Crippen molar-refractivity contribution < 1.29 is 14.9 Å². The molecule has 0 aromatic carbocycles. The van der Waals surface area contributed by atoms with E-state index in [0.717, 1.165) is 12.1 Å². The quantitative estimate of drug-likeness (QED) is 0.752. The fourth-order valence-corrected chi connectivity index (χ4v) is 3.13. The first kappa shape index (κ1) is 19.1. The maximum absolute atomic E-state index is 10.7. The van der Waals surface area contributed by atoms with E-state index in [1.807, 2.05) is 40.8 Å². The van der Waals surface area contributed by atoms with Gasteiger partial charge < -0.3 is 14.9 Å². The summed E-state index contributed by atoms with van der Waals surface area (Å²) < 4.78 is 8.76. The van der Waals surface area contributed by atoms with E-state index in [-0.39, 0.29) is 6.04 Å². The fraction of sp³-hybridized carbons (Fsp3) is 0.684. The van der Waals surface area contributed by atoms with Crippen molar-refractivity contribution in [2.24, 2.45) is 0 Å². The maximum atomic E-state index is 10.7. The summed E-state index contributed by atoms with van der Waals surface area (Å²) in [5.41, 5.74) is -0.0916. The van der Waals surface area contributed by atoms with Crippen molar-refractivity contribution in [3.8, 4) is 0 Å². The minimum Gasteiger partial charge on any atom is -0.388 e. The van der Waals surface area contributed by atoms with Gasteiger partial charge in [0.1, 0.15) is 0 Å². The molecule has 1 saturated heterocycles. The first-order valence-corrected chi connectivity index (χ1v) is 9.30. The molecule has 7 nitrogen and oxygen atoms in total. The van der Waals surface area contributed by atoms with Gasteiger partial charge in [-0.05, 0) is 44.7 Å². The third kappa shape index (κ3) is 4.16. The Morgan fingerprint density at radius 1 is 1.23 bits per heavy atom. The molecule has 2 aromatic heterocycles. The van der Waals surface area contributed by atoms with Crippen LogP contribution in [0.2, 0.25) is 0 Å². The van der Waals surface area contributed by atoms with E-state index in [0.29, 0.717) is 37.8 Å². The average molecular weight is 362 g/mol. The number of ether oxygens (including phenoxy) is 1. The SMILES string of the molecule is CC(C)c1ccn(CC(C)(O)CCC(C)n2ccc(C3(O)COC3)n2)n1. The molecule has 2 unspecified atom stereocenters. The van der Waals surface area contributed by atoms with Crippen LogP contribution in [0.4, 0.5) is 0 Å². The van der Waals surface area contributed by atoms with Crippen LogP contribution in [-0.4, -0.2) is 48.6 Å². The Hall–Kier alpha value is -1.70. The number of nitrogens with zero attached hydrogens (tertiary/aromatic N) is 4. The average Bonchev–Trinajstić information content (AvgIpc) is 3.19. The number of aliphatic hydroxyl groups is 2. The molecule has 0 saturated carbocycles. The van der Waals surface area contributed by atoms with E-state index in [1.165, 1.54) is 0 Å². The van der Waals surface area contributed by atoms with Crippen molar-refractivity contribution in [2.75, 3.05) is 13.2 Å². The zero-order valence-electron chi connectivity index (χ0n) is 16.1. The van der Waals surface area contributed by atoms with Gasteiger partial charge in [-0.1, -0.05) is 13.8 Å². The van der Waals surface area contributed by atoms with Crippen LogP contribution in [-0.2, 0) is 16.9 Å². The third-order valence-corrected chi connectivity index (χ3v) is 5.07. The highest BCUT2D eigenvalue weighted by Crippen LogP contribution is 2.29. The highest BCUT2D eigenvalue weighted by molar-refractivity contribution is 5.14. The molecule has 3 heterocycles. The minimum absolute atomic E-state index is 0.128. The van der Waals surface area contributed by atoms with Crippen molar-refractivity contribution in [3.63, 3.8) is 0 Å². The van der Waals surface area contributed by atoms with Gasteiger partial charge in [0.15, 0.2) is 5.60 Å². The summed E-state index contributed by atoms with van der Waals surface area (Å²) in [5.74, 6) is 0.381. The molecule has 3 rings (SSSR count). The zero-order valence-corrected chi connectivity index (χ0v) is 16.1. The van der Waals surface area contributed by atoms with Gasteiger partial charge >= 0.3 is 0 Å². The molecule has 0 radical (unpaired) electrons. The van der Waals surface area contributed by atoms with Crippen LogP contribution in [0, 0.1) is 0 Å². The van der Waals surface area contributed by atoms with Crippen molar-refractivity contribution in [3.05, 3.63) is 35.9 Å². The predicted molar refractivity (Wildman–Crippen MR) is 97.8 cm³/mol. The summed E-state index contributed by atoms with van der Waals surface area (Å²) in [5, 5.41) is 30.1. The van der Waals surface area contributed by atoms with Gasteiger partial charge in [-0.15, -0.1) is 0 Å². The van der Waals surface area contributed by atoms with Gasteiger partial charge in [0, 0.05) is 18.4 Å². The largest absolute Gasteiger partial charge is 0.388 e. The fourth-order valence-electron chi connectivity index (χ4n) is 3.13. The summed E-state index contributed by atoms with van der Waals surface area (Å²) in [6.07, 6.45) is 5.22.